The molecular weight excluding hydrogens is 524 g/mol. The maximum Gasteiger partial charge on any atom is 0.200 e. The summed E-state index contributed by atoms with van der Waals surface area (Å²) >= 11 is 0. The second-order valence-electron chi connectivity index (χ2n) is 13.6. The normalized spacial score (nSPS) is 32.4. The van der Waals surface area contributed by atoms with Gasteiger partial charge in [0.05, 0.1) is 11.2 Å². The minimum absolute atomic E-state index is 0.0600. The van der Waals surface area contributed by atoms with Gasteiger partial charge in [-0.15, -0.1) is 0 Å². The first-order chi connectivity index (χ1) is 19.1. The molecule has 1 aromatic carbocycles. The monoisotopic (exact) mass is 562 g/mol. The molecule has 3 aliphatic carbocycles. The molecule has 1 saturated carbocycles. The first-order valence-corrected chi connectivity index (χ1v) is 14.3. The van der Waals surface area contributed by atoms with E-state index in [-0.39, 0.29) is 47.4 Å². The van der Waals surface area contributed by atoms with Gasteiger partial charge in [-0.05, 0) is 66.9 Å². The van der Waals surface area contributed by atoms with E-state index in [0.717, 1.165) is 11.9 Å². The molecule has 218 valence electrons. The van der Waals surface area contributed by atoms with Gasteiger partial charge in [0.1, 0.15) is 35.2 Å². The highest BCUT2D eigenvalue weighted by Gasteiger charge is 2.81. The smallest absolute Gasteiger partial charge is 0.200 e. The van der Waals surface area contributed by atoms with Crippen LogP contribution in [0.2, 0.25) is 0 Å². The Kier molecular flexibility index (Phi) is 5.89. The fraction of sp³-hybridized carbons (Fsp3) is 0.545. The number of allylic oxidation sites excluding steroid dienone is 4. The molecule has 0 amide bonds. The molecule has 0 aromatic heterocycles. The van der Waals surface area contributed by atoms with Crippen molar-refractivity contribution >= 4 is 17.9 Å². The Labute approximate surface area is 240 Å². The molecule has 2 N–H and O–H groups in total. The lowest BCUT2D eigenvalue weighted by Gasteiger charge is -2.56. The zero-order valence-electron chi connectivity index (χ0n) is 24.7. The minimum atomic E-state index is -1.52. The van der Waals surface area contributed by atoms with E-state index in [1.807, 2.05) is 33.8 Å². The molecule has 41 heavy (non-hydrogen) atoms. The van der Waals surface area contributed by atoms with E-state index >= 15 is 0 Å². The molecule has 1 aromatic rings. The predicted molar refractivity (Wildman–Crippen MR) is 150 cm³/mol. The number of aldehydes is 1. The highest BCUT2D eigenvalue weighted by Crippen LogP contribution is 2.68. The van der Waals surface area contributed by atoms with Crippen molar-refractivity contribution in [1.82, 2.24) is 0 Å². The lowest BCUT2D eigenvalue weighted by molar-refractivity contribution is -0.171. The SMILES string of the molecule is CC(C)=CCc1c2c(c(O)c3c1O[C@@]14C(=C[C@H]5CC1C(C)(C)O[C@]4(C/C=C(\C)C=O)C5=O)C3=O)CC(C(C)(C)O)O2. The van der Waals surface area contributed by atoms with E-state index in [1.165, 1.54) is 0 Å². The van der Waals surface area contributed by atoms with E-state index in [4.69, 9.17) is 14.2 Å². The van der Waals surface area contributed by atoms with Crippen molar-refractivity contribution in [2.75, 3.05) is 0 Å². The van der Waals surface area contributed by atoms with E-state index in [0.29, 0.717) is 40.9 Å². The van der Waals surface area contributed by atoms with Crippen LogP contribution in [-0.2, 0) is 27.2 Å². The van der Waals surface area contributed by atoms with Gasteiger partial charge in [0.25, 0.3) is 0 Å². The Bertz CT molecular complexity index is 1500. The zero-order chi connectivity index (χ0) is 29.9. The summed E-state index contributed by atoms with van der Waals surface area (Å²) in [5.41, 5.74) is -2.03. The number of benzene rings is 1. The summed E-state index contributed by atoms with van der Waals surface area (Å²) in [6, 6.07) is 0. The molecule has 2 fully saturated rings. The Hall–Kier alpha value is -3.23. The number of ether oxygens (including phenoxy) is 3. The van der Waals surface area contributed by atoms with Crippen LogP contribution in [0.15, 0.2) is 34.9 Å². The van der Waals surface area contributed by atoms with Gasteiger partial charge in [-0.3, -0.25) is 14.4 Å². The molecule has 4 bridgehead atoms. The summed E-state index contributed by atoms with van der Waals surface area (Å²) in [4.78, 5) is 40.2. The molecule has 1 spiro atoms. The molecule has 3 heterocycles. The lowest BCUT2D eigenvalue weighted by atomic mass is 9.51. The third-order valence-corrected chi connectivity index (χ3v) is 9.72. The third-order valence-electron chi connectivity index (χ3n) is 9.72. The number of ketones is 2. The van der Waals surface area contributed by atoms with E-state index < -0.39 is 34.4 Å². The van der Waals surface area contributed by atoms with Crippen LogP contribution >= 0.6 is 0 Å². The first-order valence-electron chi connectivity index (χ1n) is 14.3. The second-order valence-corrected chi connectivity index (χ2v) is 13.6. The highest BCUT2D eigenvalue weighted by molar-refractivity contribution is 6.18. The maximum atomic E-state index is 14.5. The molecule has 8 heteroatoms. The van der Waals surface area contributed by atoms with Gasteiger partial charge < -0.3 is 24.4 Å². The van der Waals surface area contributed by atoms with E-state index in [9.17, 15) is 24.6 Å². The number of carbonyl (C=O) groups excluding carboxylic acids is 3. The summed E-state index contributed by atoms with van der Waals surface area (Å²) in [7, 11) is 0. The van der Waals surface area contributed by atoms with Crippen LogP contribution in [0.3, 0.4) is 0 Å². The Balaban J connectivity index is 1.63. The Morgan fingerprint density at radius 3 is 2.49 bits per heavy atom. The summed E-state index contributed by atoms with van der Waals surface area (Å²) < 4.78 is 20.0. The zero-order valence-corrected chi connectivity index (χ0v) is 24.7. The van der Waals surface area contributed by atoms with Gasteiger partial charge in [0.2, 0.25) is 0 Å². The average Bonchev–Trinajstić information content (AvgIpc) is 3.40. The van der Waals surface area contributed by atoms with Crippen molar-refractivity contribution in [3.05, 3.63) is 51.6 Å². The van der Waals surface area contributed by atoms with E-state index in [1.54, 1.807) is 32.9 Å². The quantitative estimate of drug-likeness (QED) is 0.295. The summed E-state index contributed by atoms with van der Waals surface area (Å²) in [6.07, 6.45) is 6.61. The molecule has 7 rings (SSSR count). The molecule has 5 atom stereocenters. The van der Waals surface area contributed by atoms with Gasteiger partial charge >= 0.3 is 0 Å². The minimum Gasteiger partial charge on any atom is -0.507 e. The fourth-order valence-electron chi connectivity index (χ4n) is 7.69. The number of aliphatic hydroxyl groups is 1. The molecule has 0 radical (unpaired) electrons. The highest BCUT2D eigenvalue weighted by atomic mass is 16.6. The summed E-state index contributed by atoms with van der Waals surface area (Å²) in [6.45, 7) is 12.7. The molecular formula is C33H38O8. The van der Waals surface area contributed by atoms with Gasteiger partial charge in [-0.1, -0.05) is 23.8 Å². The number of fused-ring (bicyclic) bond motifs is 2. The number of carbonyl (C=O) groups is 3. The number of hydrogen-bond donors (Lipinski definition) is 2. The van der Waals surface area contributed by atoms with Gasteiger partial charge in [-0.25, -0.2) is 0 Å². The number of aromatic hydroxyl groups is 1. The van der Waals surface area contributed by atoms with Crippen LogP contribution in [0.5, 0.6) is 17.2 Å². The molecule has 1 saturated heterocycles. The van der Waals surface area contributed by atoms with Crippen molar-refractivity contribution in [3.63, 3.8) is 0 Å². The second kappa shape index (κ2) is 8.65. The maximum absolute atomic E-state index is 14.5. The standard InChI is InChI=1S/C33H38O8/c1-16(2)8-9-19-27-20(14-23(39-27)30(4,5)38)25(35)24-26(36)21-12-18-13-22-31(6,7)41-32(29(18)37,11-10-17(3)15-34)33(21,22)40-28(19)24/h8,10,12,15,18,22-23,35,38H,9,11,13-14H2,1-7H3/b17-10+/t18-,22?,23?,32+,33-/m0/s1. The third kappa shape index (κ3) is 3.56. The van der Waals surface area contributed by atoms with Crippen molar-refractivity contribution in [1.29, 1.82) is 0 Å². The number of phenols is 1. The molecule has 8 nitrogen and oxygen atoms in total. The summed E-state index contributed by atoms with van der Waals surface area (Å²) in [5, 5.41) is 22.4. The van der Waals surface area contributed by atoms with Crippen LogP contribution in [0.4, 0.5) is 0 Å². The number of Topliss-reactive ketones (excluding diaryl/α,β-unsaturated/α-hetero) is 2. The Morgan fingerprint density at radius 2 is 1.85 bits per heavy atom. The van der Waals surface area contributed by atoms with Crippen LogP contribution in [0, 0.1) is 11.8 Å². The van der Waals surface area contributed by atoms with Crippen LogP contribution in [0.25, 0.3) is 0 Å². The number of rotatable bonds is 6. The predicted octanol–water partition coefficient (Wildman–Crippen LogP) is 4.52. The first kappa shape index (κ1) is 27.9. The lowest BCUT2D eigenvalue weighted by Crippen LogP contribution is -2.72. The molecule has 3 aliphatic heterocycles. The van der Waals surface area contributed by atoms with Crippen LogP contribution in [0.1, 0.15) is 82.8 Å². The van der Waals surface area contributed by atoms with E-state index in [2.05, 4.69) is 0 Å². The van der Waals surface area contributed by atoms with Gasteiger partial charge in [0.15, 0.2) is 22.8 Å². The number of phenolic OH excluding ortho intramolecular Hbond substituents is 1. The van der Waals surface area contributed by atoms with Crippen LogP contribution in [-0.4, -0.2) is 56.6 Å². The van der Waals surface area contributed by atoms with Crippen molar-refractivity contribution in [2.45, 2.75) is 103 Å². The van der Waals surface area contributed by atoms with Gasteiger partial charge in [0, 0.05) is 41.4 Å². The average molecular weight is 563 g/mol. The molecule has 6 aliphatic rings. The van der Waals surface area contributed by atoms with Crippen molar-refractivity contribution in [2.24, 2.45) is 11.8 Å². The number of hydrogen-bond acceptors (Lipinski definition) is 8. The topological polar surface area (TPSA) is 119 Å². The largest absolute Gasteiger partial charge is 0.507 e. The Morgan fingerprint density at radius 1 is 1.15 bits per heavy atom. The molecule has 2 unspecified atom stereocenters. The van der Waals surface area contributed by atoms with Gasteiger partial charge in [-0.2, -0.15) is 0 Å². The summed E-state index contributed by atoms with van der Waals surface area (Å²) in [5.74, 6) is -1.05. The van der Waals surface area contributed by atoms with Crippen molar-refractivity contribution in [3.8, 4) is 17.2 Å². The van der Waals surface area contributed by atoms with Crippen molar-refractivity contribution < 1.29 is 38.8 Å². The van der Waals surface area contributed by atoms with Crippen LogP contribution < -0.4 is 9.47 Å². The fourth-order valence-corrected chi connectivity index (χ4v) is 7.69.